The smallest absolute Gasteiger partial charge is 0.00379 e. The summed E-state index contributed by atoms with van der Waals surface area (Å²) in [5, 5.41) is 0. The molecule has 0 aliphatic heterocycles. The van der Waals surface area contributed by atoms with Crippen LogP contribution in [0.3, 0.4) is 0 Å². The van der Waals surface area contributed by atoms with Gasteiger partial charge in [0.15, 0.2) is 0 Å². The van der Waals surface area contributed by atoms with E-state index in [1.807, 2.05) is 0 Å². The van der Waals surface area contributed by atoms with Crippen molar-refractivity contribution in [3.63, 3.8) is 0 Å². The first kappa shape index (κ1) is 5.52. The summed E-state index contributed by atoms with van der Waals surface area (Å²) in [6.07, 6.45) is 1.49. The molecule has 0 aromatic heterocycles. The minimum Gasteiger partial charge on any atom is -0.0663 e. The van der Waals surface area contributed by atoms with Gasteiger partial charge in [0.05, 0.1) is 0 Å². The Hall–Kier alpha value is -0.260. The van der Waals surface area contributed by atoms with Crippen LogP contribution in [0.4, 0.5) is 0 Å². The Kier molecular flexibility index (Phi) is 0.870. The molecule has 2 aliphatic carbocycles. The van der Waals surface area contributed by atoms with Crippen molar-refractivity contribution >= 4 is 0 Å². The first-order chi connectivity index (χ1) is 4.22. The summed E-state index contributed by atoms with van der Waals surface area (Å²) in [6, 6.07) is 0. The van der Waals surface area contributed by atoms with E-state index >= 15 is 0 Å². The molecule has 0 spiro atoms. The van der Waals surface area contributed by atoms with Crippen LogP contribution in [0.25, 0.3) is 0 Å². The number of hydrogen-bond acceptors (Lipinski definition) is 0. The van der Waals surface area contributed by atoms with Crippen molar-refractivity contribution in [2.45, 2.75) is 27.2 Å². The molecule has 0 aromatic carbocycles. The van der Waals surface area contributed by atoms with E-state index in [2.05, 4.69) is 20.8 Å². The average molecular weight is 122 g/mol. The van der Waals surface area contributed by atoms with E-state index < -0.39 is 0 Å². The molecule has 2 unspecified atom stereocenters. The summed E-state index contributed by atoms with van der Waals surface area (Å²) < 4.78 is 0. The van der Waals surface area contributed by atoms with Crippen LogP contribution in [-0.4, -0.2) is 0 Å². The Morgan fingerprint density at radius 3 is 1.78 bits per heavy atom. The molecule has 0 saturated heterocycles. The molecule has 0 radical (unpaired) electrons. The zero-order chi connectivity index (χ0) is 6.59. The van der Waals surface area contributed by atoms with Crippen LogP contribution in [0, 0.1) is 17.8 Å². The van der Waals surface area contributed by atoms with Gasteiger partial charge in [0.1, 0.15) is 0 Å². The minimum atomic E-state index is 0.958. The number of hydrogen-bond donors (Lipinski definition) is 0. The Morgan fingerprint density at radius 2 is 1.67 bits per heavy atom. The van der Waals surface area contributed by atoms with E-state index in [0.717, 1.165) is 17.8 Å². The van der Waals surface area contributed by atoms with E-state index in [-0.39, 0.29) is 0 Å². The van der Waals surface area contributed by atoms with Crippen LogP contribution in [0.2, 0.25) is 0 Å². The van der Waals surface area contributed by atoms with Crippen molar-refractivity contribution in [3.05, 3.63) is 11.1 Å². The summed E-state index contributed by atoms with van der Waals surface area (Å²) in [7, 11) is 0. The summed E-state index contributed by atoms with van der Waals surface area (Å²) in [5.74, 6) is 3.05. The highest BCUT2D eigenvalue weighted by Gasteiger charge is 2.47. The first-order valence-corrected chi connectivity index (χ1v) is 3.89. The maximum atomic E-state index is 2.36. The Morgan fingerprint density at radius 1 is 1.22 bits per heavy atom. The van der Waals surface area contributed by atoms with Gasteiger partial charge in [0.25, 0.3) is 0 Å². The number of allylic oxidation sites excluding steroid dienone is 2. The van der Waals surface area contributed by atoms with Crippen LogP contribution in [0.15, 0.2) is 11.1 Å². The zero-order valence-corrected chi connectivity index (χ0v) is 6.44. The van der Waals surface area contributed by atoms with E-state index in [1.165, 1.54) is 6.42 Å². The second kappa shape index (κ2) is 1.42. The fraction of sp³-hybridized carbons (Fsp3) is 0.778. The Balaban J connectivity index is 1.94. The molecule has 2 aliphatic rings. The van der Waals surface area contributed by atoms with Gasteiger partial charge in [-0.1, -0.05) is 18.1 Å². The topological polar surface area (TPSA) is 0 Å². The molecule has 50 valence electrons. The van der Waals surface area contributed by atoms with Crippen LogP contribution >= 0.6 is 0 Å². The first-order valence-electron chi connectivity index (χ1n) is 3.89. The maximum Gasteiger partial charge on any atom is 0.00379 e. The van der Waals surface area contributed by atoms with E-state index in [4.69, 9.17) is 0 Å². The highest BCUT2D eigenvalue weighted by atomic mass is 14.5. The third kappa shape index (κ3) is 0.654. The van der Waals surface area contributed by atoms with E-state index in [1.54, 1.807) is 11.1 Å². The largest absolute Gasteiger partial charge is 0.0663 e. The molecule has 0 heterocycles. The molecule has 0 bridgehead atoms. The molecule has 1 saturated carbocycles. The molecule has 0 N–H and O–H groups in total. The molecule has 1 fully saturated rings. The summed E-state index contributed by atoms with van der Waals surface area (Å²) in [5.41, 5.74) is 3.37. The average Bonchev–Trinajstić information content (AvgIpc) is 2.58. The highest BCUT2D eigenvalue weighted by molar-refractivity contribution is 5.40. The Bertz CT molecular complexity index is 164. The highest BCUT2D eigenvalue weighted by Crippen LogP contribution is 2.57. The quantitative estimate of drug-likeness (QED) is 0.469. The van der Waals surface area contributed by atoms with Crippen molar-refractivity contribution in [2.75, 3.05) is 0 Å². The van der Waals surface area contributed by atoms with Gasteiger partial charge >= 0.3 is 0 Å². The zero-order valence-electron chi connectivity index (χ0n) is 6.44. The SMILES string of the molecule is CC1=C(C)C1C1CC1C. The third-order valence-corrected chi connectivity index (χ3v) is 3.07. The van der Waals surface area contributed by atoms with Gasteiger partial charge in [-0.2, -0.15) is 0 Å². The van der Waals surface area contributed by atoms with Gasteiger partial charge in [-0.15, -0.1) is 0 Å². The van der Waals surface area contributed by atoms with Crippen LogP contribution in [0.5, 0.6) is 0 Å². The van der Waals surface area contributed by atoms with Gasteiger partial charge in [0.2, 0.25) is 0 Å². The molecule has 0 amide bonds. The molecular weight excluding hydrogens is 108 g/mol. The summed E-state index contributed by atoms with van der Waals surface area (Å²) >= 11 is 0. The molecule has 0 aromatic rings. The van der Waals surface area contributed by atoms with Crippen LogP contribution in [0.1, 0.15) is 27.2 Å². The van der Waals surface area contributed by atoms with Crippen molar-refractivity contribution in [1.82, 2.24) is 0 Å². The standard InChI is InChI=1S/C9H14/c1-5-4-8(5)9-6(2)7(9)3/h5,8-9H,4H2,1-3H3. The lowest BCUT2D eigenvalue weighted by atomic mass is 10.1. The third-order valence-electron chi connectivity index (χ3n) is 3.07. The van der Waals surface area contributed by atoms with Crippen molar-refractivity contribution in [2.24, 2.45) is 17.8 Å². The molecule has 0 nitrogen and oxygen atoms in total. The minimum absolute atomic E-state index is 0.958. The van der Waals surface area contributed by atoms with Crippen molar-refractivity contribution in [3.8, 4) is 0 Å². The van der Waals surface area contributed by atoms with Gasteiger partial charge in [0, 0.05) is 5.92 Å². The Labute approximate surface area is 57.0 Å². The summed E-state index contributed by atoms with van der Waals surface area (Å²) in [4.78, 5) is 0. The van der Waals surface area contributed by atoms with E-state index in [0.29, 0.717) is 0 Å². The molecule has 2 rings (SSSR count). The lowest BCUT2D eigenvalue weighted by Crippen LogP contribution is -1.85. The normalized spacial score (nSPS) is 41.7. The number of rotatable bonds is 1. The fourth-order valence-corrected chi connectivity index (χ4v) is 1.96. The van der Waals surface area contributed by atoms with E-state index in [9.17, 15) is 0 Å². The molecular formula is C9H14. The van der Waals surface area contributed by atoms with Gasteiger partial charge < -0.3 is 0 Å². The van der Waals surface area contributed by atoms with Crippen molar-refractivity contribution in [1.29, 1.82) is 0 Å². The fourth-order valence-electron chi connectivity index (χ4n) is 1.96. The summed E-state index contributed by atoms with van der Waals surface area (Å²) in [6.45, 7) is 6.93. The lowest BCUT2D eigenvalue weighted by molar-refractivity contribution is 0.670. The van der Waals surface area contributed by atoms with Gasteiger partial charge in [-0.25, -0.2) is 0 Å². The molecule has 2 atom stereocenters. The second-order valence-corrected chi connectivity index (χ2v) is 3.72. The van der Waals surface area contributed by atoms with Gasteiger partial charge in [-0.05, 0) is 32.1 Å². The monoisotopic (exact) mass is 122 g/mol. The lowest BCUT2D eigenvalue weighted by Gasteiger charge is -1.91. The van der Waals surface area contributed by atoms with Crippen LogP contribution < -0.4 is 0 Å². The maximum absolute atomic E-state index is 2.36. The van der Waals surface area contributed by atoms with Crippen molar-refractivity contribution < 1.29 is 0 Å². The predicted molar refractivity (Wildman–Crippen MR) is 39.1 cm³/mol. The van der Waals surface area contributed by atoms with Crippen LogP contribution in [-0.2, 0) is 0 Å². The predicted octanol–water partition coefficient (Wildman–Crippen LogP) is 2.61. The van der Waals surface area contributed by atoms with Gasteiger partial charge in [-0.3, -0.25) is 0 Å². The second-order valence-electron chi connectivity index (χ2n) is 3.72. The molecule has 0 heteroatoms. The molecule has 9 heavy (non-hydrogen) atoms.